The van der Waals surface area contributed by atoms with Gasteiger partial charge in [-0.2, -0.15) is 15.0 Å². The Morgan fingerprint density at radius 3 is 2.40 bits per heavy atom. The van der Waals surface area contributed by atoms with Crippen molar-refractivity contribution in [1.29, 1.82) is 0 Å². The van der Waals surface area contributed by atoms with Gasteiger partial charge in [-0.25, -0.2) is 9.97 Å². The zero-order chi connectivity index (χ0) is 13.8. The molecule has 2 aromatic heterocycles. The average Bonchev–Trinajstić information content (AvgIpc) is 2.49. The van der Waals surface area contributed by atoms with Crippen molar-refractivity contribution in [2.24, 2.45) is 0 Å². The number of nitrogens with one attached hydrogen (secondary N) is 1. The summed E-state index contributed by atoms with van der Waals surface area (Å²) in [6, 6.07) is 9.56. The van der Waals surface area contributed by atoms with Crippen LogP contribution in [0.2, 0.25) is 0 Å². The highest BCUT2D eigenvalue weighted by Gasteiger charge is 2.06. The molecular formula is C13H11N7. The van der Waals surface area contributed by atoms with Crippen LogP contribution in [0.25, 0.3) is 11.4 Å². The Morgan fingerprint density at radius 2 is 1.65 bits per heavy atom. The number of hydrogen-bond acceptors (Lipinski definition) is 7. The molecule has 0 aliphatic carbocycles. The Balaban J connectivity index is 1.95. The van der Waals surface area contributed by atoms with Crippen molar-refractivity contribution in [3.8, 4) is 11.4 Å². The van der Waals surface area contributed by atoms with Crippen molar-refractivity contribution >= 4 is 17.6 Å². The van der Waals surface area contributed by atoms with Gasteiger partial charge in [0, 0.05) is 5.56 Å². The van der Waals surface area contributed by atoms with E-state index < -0.39 is 0 Å². The van der Waals surface area contributed by atoms with E-state index in [1.54, 1.807) is 12.4 Å². The summed E-state index contributed by atoms with van der Waals surface area (Å²) in [6.07, 6.45) is 4.69. The van der Waals surface area contributed by atoms with Crippen LogP contribution >= 0.6 is 0 Å². The van der Waals surface area contributed by atoms with Gasteiger partial charge < -0.3 is 11.1 Å². The van der Waals surface area contributed by atoms with Crippen LogP contribution < -0.4 is 11.1 Å². The lowest BCUT2D eigenvalue weighted by Crippen LogP contribution is -2.05. The van der Waals surface area contributed by atoms with Crippen molar-refractivity contribution in [3.63, 3.8) is 0 Å². The lowest BCUT2D eigenvalue weighted by atomic mass is 10.2. The summed E-state index contributed by atoms with van der Waals surface area (Å²) in [5.41, 5.74) is 7.26. The summed E-state index contributed by atoms with van der Waals surface area (Å²) in [5, 5.41) is 2.99. The molecular weight excluding hydrogens is 254 g/mol. The van der Waals surface area contributed by atoms with Crippen molar-refractivity contribution in [1.82, 2.24) is 24.9 Å². The lowest BCUT2D eigenvalue weighted by Gasteiger charge is -2.06. The molecule has 0 spiro atoms. The van der Waals surface area contributed by atoms with E-state index in [1.807, 2.05) is 30.3 Å². The molecule has 0 aliphatic heterocycles. The van der Waals surface area contributed by atoms with Crippen LogP contribution in [0.15, 0.2) is 49.1 Å². The number of aromatic nitrogens is 5. The number of rotatable bonds is 3. The summed E-state index contributed by atoms with van der Waals surface area (Å²) in [6.45, 7) is 0. The quantitative estimate of drug-likeness (QED) is 0.742. The molecule has 0 aliphatic rings. The first-order valence-electron chi connectivity index (χ1n) is 5.90. The van der Waals surface area contributed by atoms with Crippen LogP contribution in [0.5, 0.6) is 0 Å². The summed E-state index contributed by atoms with van der Waals surface area (Å²) >= 11 is 0. The van der Waals surface area contributed by atoms with Gasteiger partial charge in [-0.1, -0.05) is 30.3 Å². The smallest absolute Gasteiger partial charge is 0.232 e. The Bertz CT molecular complexity index is 700. The maximum absolute atomic E-state index is 5.72. The van der Waals surface area contributed by atoms with E-state index in [0.717, 1.165) is 5.56 Å². The molecule has 3 aromatic rings. The average molecular weight is 265 g/mol. The first-order valence-corrected chi connectivity index (χ1v) is 5.90. The number of hydrogen-bond donors (Lipinski definition) is 2. The fourth-order valence-electron chi connectivity index (χ4n) is 1.66. The Labute approximate surface area is 115 Å². The number of anilines is 3. The predicted octanol–water partition coefficient (Wildman–Crippen LogP) is 1.65. The highest BCUT2D eigenvalue weighted by molar-refractivity contribution is 5.59. The Hall–Kier alpha value is -3.09. The van der Waals surface area contributed by atoms with Crippen LogP contribution in [0.4, 0.5) is 17.6 Å². The molecule has 0 saturated carbocycles. The highest BCUT2D eigenvalue weighted by atomic mass is 15.2. The van der Waals surface area contributed by atoms with Gasteiger partial charge in [-0.15, -0.1) is 0 Å². The van der Waals surface area contributed by atoms with Gasteiger partial charge in [0.05, 0.1) is 18.1 Å². The molecule has 7 heteroatoms. The molecule has 0 fully saturated rings. The molecule has 3 rings (SSSR count). The second kappa shape index (κ2) is 5.27. The van der Waals surface area contributed by atoms with Crippen LogP contribution in [-0.4, -0.2) is 24.9 Å². The van der Waals surface area contributed by atoms with Gasteiger partial charge in [0.2, 0.25) is 11.9 Å². The van der Waals surface area contributed by atoms with Crippen molar-refractivity contribution in [3.05, 3.63) is 49.1 Å². The van der Waals surface area contributed by atoms with Gasteiger partial charge in [0.25, 0.3) is 0 Å². The number of benzene rings is 1. The molecule has 0 saturated heterocycles. The zero-order valence-corrected chi connectivity index (χ0v) is 10.4. The van der Waals surface area contributed by atoms with E-state index in [9.17, 15) is 0 Å². The fraction of sp³-hybridized carbons (Fsp3) is 0. The van der Waals surface area contributed by atoms with Crippen molar-refractivity contribution < 1.29 is 0 Å². The molecule has 98 valence electrons. The van der Waals surface area contributed by atoms with Gasteiger partial charge in [-0.3, -0.25) is 0 Å². The maximum Gasteiger partial charge on any atom is 0.232 e. The predicted molar refractivity (Wildman–Crippen MR) is 75.0 cm³/mol. The van der Waals surface area contributed by atoms with Gasteiger partial charge in [0.15, 0.2) is 5.82 Å². The minimum absolute atomic E-state index is 0.151. The van der Waals surface area contributed by atoms with E-state index in [0.29, 0.717) is 17.5 Å². The molecule has 0 amide bonds. The summed E-state index contributed by atoms with van der Waals surface area (Å²) in [5.74, 6) is 1.02. The topological polar surface area (TPSA) is 102 Å². The number of nitrogens with two attached hydrogens (primary N) is 1. The van der Waals surface area contributed by atoms with E-state index in [-0.39, 0.29) is 5.95 Å². The molecule has 2 heterocycles. The molecule has 20 heavy (non-hydrogen) atoms. The van der Waals surface area contributed by atoms with E-state index in [4.69, 9.17) is 5.73 Å². The van der Waals surface area contributed by atoms with E-state index in [2.05, 4.69) is 30.2 Å². The van der Waals surface area contributed by atoms with Gasteiger partial charge >= 0.3 is 0 Å². The standard InChI is InChI=1S/C13H11N7/c14-12-18-11(9-4-2-1-3-5-9)19-13(20-12)17-10-6-15-8-16-7-10/h1-8H,(H3,14,17,18,19,20). The van der Waals surface area contributed by atoms with Crippen LogP contribution in [0.1, 0.15) is 0 Å². The highest BCUT2D eigenvalue weighted by Crippen LogP contribution is 2.18. The van der Waals surface area contributed by atoms with Crippen molar-refractivity contribution in [2.45, 2.75) is 0 Å². The minimum atomic E-state index is 0.151. The molecule has 0 radical (unpaired) electrons. The number of nitrogen functional groups attached to an aromatic ring is 1. The van der Waals surface area contributed by atoms with Crippen LogP contribution in [-0.2, 0) is 0 Å². The first-order chi connectivity index (χ1) is 9.81. The van der Waals surface area contributed by atoms with E-state index in [1.165, 1.54) is 6.33 Å². The summed E-state index contributed by atoms with van der Waals surface area (Å²) in [4.78, 5) is 20.3. The normalized spacial score (nSPS) is 10.2. The molecule has 0 bridgehead atoms. The van der Waals surface area contributed by atoms with Crippen LogP contribution in [0, 0.1) is 0 Å². The molecule has 3 N–H and O–H groups in total. The lowest BCUT2D eigenvalue weighted by molar-refractivity contribution is 1.07. The van der Waals surface area contributed by atoms with Gasteiger partial charge in [-0.05, 0) is 0 Å². The summed E-state index contributed by atoms with van der Waals surface area (Å²) < 4.78 is 0. The fourth-order valence-corrected chi connectivity index (χ4v) is 1.66. The first kappa shape index (κ1) is 12.0. The van der Waals surface area contributed by atoms with Crippen LogP contribution in [0.3, 0.4) is 0 Å². The SMILES string of the molecule is Nc1nc(Nc2cncnc2)nc(-c2ccccc2)n1. The van der Waals surface area contributed by atoms with E-state index >= 15 is 0 Å². The third-order valence-electron chi connectivity index (χ3n) is 2.50. The third kappa shape index (κ3) is 2.66. The Morgan fingerprint density at radius 1 is 0.900 bits per heavy atom. The number of nitrogens with zero attached hydrogens (tertiary/aromatic N) is 5. The second-order valence-corrected chi connectivity index (χ2v) is 3.96. The summed E-state index contributed by atoms with van der Waals surface area (Å²) in [7, 11) is 0. The molecule has 7 nitrogen and oxygen atoms in total. The minimum Gasteiger partial charge on any atom is -0.368 e. The third-order valence-corrected chi connectivity index (χ3v) is 2.50. The molecule has 0 atom stereocenters. The van der Waals surface area contributed by atoms with Gasteiger partial charge in [0.1, 0.15) is 6.33 Å². The molecule has 0 unspecified atom stereocenters. The largest absolute Gasteiger partial charge is 0.368 e. The maximum atomic E-state index is 5.72. The Kier molecular flexibility index (Phi) is 3.15. The monoisotopic (exact) mass is 265 g/mol. The van der Waals surface area contributed by atoms with Crippen molar-refractivity contribution in [2.75, 3.05) is 11.1 Å². The second-order valence-electron chi connectivity index (χ2n) is 3.96. The zero-order valence-electron chi connectivity index (χ0n) is 10.4. The molecule has 1 aromatic carbocycles.